The monoisotopic (exact) mass is 284 g/mol. The Morgan fingerprint density at radius 2 is 1.86 bits per heavy atom. The van der Waals surface area contributed by atoms with E-state index >= 15 is 0 Å². The maximum Gasteiger partial charge on any atom is 0.136 e. The maximum absolute atomic E-state index is 6.05. The van der Waals surface area contributed by atoms with Gasteiger partial charge in [0.2, 0.25) is 0 Å². The third-order valence-corrected chi connectivity index (χ3v) is 3.60. The van der Waals surface area contributed by atoms with E-state index in [9.17, 15) is 0 Å². The second-order valence-electron chi connectivity index (χ2n) is 6.44. The standard InChI is InChI=1S/C17H24N4/c1-6-12-7-8-13(19-10-12)9-14-11(2)15(18)21-16(20-14)17(3,4)5/h7-8,10H,6,9H2,1-5H3,(H2,18,20,21). The minimum absolute atomic E-state index is 0.115. The van der Waals surface area contributed by atoms with Crippen molar-refractivity contribution in [1.29, 1.82) is 0 Å². The summed E-state index contributed by atoms with van der Waals surface area (Å²) in [6.07, 6.45) is 3.62. The summed E-state index contributed by atoms with van der Waals surface area (Å²) in [5.74, 6) is 1.35. The van der Waals surface area contributed by atoms with Gasteiger partial charge in [0.05, 0.1) is 5.69 Å². The van der Waals surface area contributed by atoms with E-state index in [1.165, 1.54) is 5.56 Å². The van der Waals surface area contributed by atoms with Gasteiger partial charge in [-0.2, -0.15) is 0 Å². The predicted octanol–water partition coefficient (Wildman–Crippen LogP) is 3.21. The van der Waals surface area contributed by atoms with Crippen molar-refractivity contribution in [2.45, 2.75) is 52.9 Å². The highest BCUT2D eigenvalue weighted by molar-refractivity contribution is 5.43. The Bertz CT molecular complexity index is 624. The quantitative estimate of drug-likeness (QED) is 0.940. The largest absolute Gasteiger partial charge is 0.383 e. The first-order chi connectivity index (χ1) is 9.81. The number of rotatable bonds is 3. The average molecular weight is 284 g/mol. The molecule has 0 aromatic carbocycles. The first-order valence-electron chi connectivity index (χ1n) is 7.38. The zero-order valence-corrected chi connectivity index (χ0v) is 13.6. The molecule has 21 heavy (non-hydrogen) atoms. The molecule has 4 heteroatoms. The smallest absolute Gasteiger partial charge is 0.136 e. The number of hydrogen-bond donors (Lipinski definition) is 1. The van der Waals surface area contributed by atoms with E-state index in [2.05, 4.69) is 49.8 Å². The van der Waals surface area contributed by atoms with E-state index in [1.807, 2.05) is 13.1 Å². The molecule has 0 atom stereocenters. The van der Waals surface area contributed by atoms with Crippen LogP contribution in [0, 0.1) is 6.92 Å². The van der Waals surface area contributed by atoms with Crippen molar-refractivity contribution in [3.63, 3.8) is 0 Å². The van der Waals surface area contributed by atoms with Crippen LogP contribution in [0.25, 0.3) is 0 Å². The molecule has 0 spiro atoms. The van der Waals surface area contributed by atoms with Gasteiger partial charge in [-0.25, -0.2) is 9.97 Å². The number of pyridine rings is 1. The molecule has 0 fully saturated rings. The number of anilines is 1. The number of nitrogens with zero attached hydrogens (tertiary/aromatic N) is 3. The van der Waals surface area contributed by atoms with Crippen molar-refractivity contribution in [2.24, 2.45) is 0 Å². The lowest BCUT2D eigenvalue weighted by Crippen LogP contribution is -2.19. The van der Waals surface area contributed by atoms with Crippen LogP contribution in [0.4, 0.5) is 5.82 Å². The topological polar surface area (TPSA) is 64.7 Å². The maximum atomic E-state index is 6.05. The van der Waals surface area contributed by atoms with E-state index in [-0.39, 0.29) is 5.41 Å². The van der Waals surface area contributed by atoms with Crippen molar-refractivity contribution in [1.82, 2.24) is 15.0 Å². The van der Waals surface area contributed by atoms with Crippen molar-refractivity contribution in [3.05, 3.63) is 46.7 Å². The van der Waals surface area contributed by atoms with Gasteiger partial charge in [0.25, 0.3) is 0 Å². The van der Waals surface area contributed by atoms with Crippen LogP contribution in [0.15, 0.2) is 18.3 Å². The highest BCUT2D eigenvalue weighted by Gasteiger charge is 2.20. The minimum Gasteiger partial charge on any atom is -0.383 e. The number of aryl methyl sites for hydroxylation is 1. The van der Waals surface area contributed by atoms with Gasteiger partial charge in [-0.3, -0.25) is 4.98 Å². The van der Waals surface area contributed by atoms with Crippen LogP contribution in [-0.4, -0.2) is 15.0 Å². The lowest BCUT2D eigenvalue weighted by atomic mass is 9.95. The van der Waals surface area contributed by atoms with Crippen LogP contribution in [0.2, 0.25) is 0 Å². The molecule has 0 radical (unpaired) electrons. The van der Waals surface area contributed by atoms with Gasteiger partial charge in [0.15, 0.2) is 0 Å². The Kier molecular flexibility index (Phi) is 4.26. The Morgan fingerprint density at radius 1 is 1.14 bits per heavy atom. The SMILES string of the molecule is CCc1ccc(Cc2nc(C(C)(C)C)nc(N)c2C)nc1. The molecule has 0 bridgehead atoms. The van der Waals surface area contributed by atoms with E-state index in [0.29, 0.717) is 12.2 Å². The normalized spacial score (nSPS) is 11.7. The molecule has 2 rings (SSSR count). The lowest BCUT2D eigenvalue weighted by molar-refractivity contribution is 0.542. The first-order valence-corrected chi connectivity index (χ1v) is 7.38. The van der Waals surface area contributed by atoms with Crippen molar-refractivity contribution >= 4 is 5.82 Å². The Hall–Kier alpha value is -1.97. The van der Waals surface area contributed by atoms with Crippen molar-refractivity contribution in [3.8, 4) is 0 Å². The Morgan fingerprint density at radius 3 is 2.38 bits per heavy atom. The third-order valence-electron chi connectivity index (χ3n) is 3.60. The Labute approximate surface area is 126 Å². The van der Waals surface area contributed by atoms with Crippen molar-refractivity contribution in [2.75, 3.05) is 5.73 Å². The van der Waals surface area contributed by atoms with Crippen LogP contribution in [0.1, 0.15) is 56.0 Å². The molecule has 2 aromatic heterocycles. The second-order valence-corrected chi connectivity index (χ2v) is 6.44. The van der Waals surface area contributed by atoms with Gasteiger partial charge in [-0.1, -0.05) is 33.8 Å². The number of hydrogen-bond acceptors (Lipinski definition) is 4. The van der Waals surface area contributed by atoms with E-state index in [0.717, 1.165) is 29.2 Å². The van der Waals surface area contributed by atoms with Gasteiger partial charge < -0.3 is 5.73 Å². The molecule has 2 aromatic rings. The summed E-state index contributed by atoms with van der Waals surface area (Å²) in [5, 5.41) is 0. The fourth-order valence-corrected chi connectivity index (χ4v) is 2.03. The van der Waals surface area contributed by atoms with E-state index in [1.54, 1.807) is 0 Å². The molecule has 0 saturated heterocycles. The van der Waals surface area contributed by atoms with Crippen molar-refractivity contribution < 1.29 is 0 Å². The van der Waals surface area contributed by atoms with Crippen LogP contribution in [0.5, 0.6) is 0 Å². The van der Waals surface area contributed by atoms with Crippen LogP contribution in [-0.2, 0) is 18.3 Å². The minimum atomic E-state index is -0.115. The molecular weight excluding hydrogens is 260 g/mol. The van der Waals surface area contributed by atoms with Gasteiger partial charge in [0.1, 0.15) is 11.6 Å². The van der Waals surface area contributed by atoms with Gasteiger partial charge in [0, 0.05) is 29.3 Å². The number of aromatic nitrogens is 3. The fraction of sp³-hybridized carbons (Fsp3) is 0.471. The molecule has 0 unspecified atom stereocenters. The summed E-state index contributed by atoms with van der Waals surface area (Å²) in [6, 6.07) is 4.18. The zero-order chi connectivity index (χ0) is 15.6. The molecule has 112 valence electrons. The van der Waals surface area contributed by atoms with E-state index < -0.39 is 0 Å². The highest BCUT2D eigenvalue weighted by Crippen LogP contribution is 2.23. The predicted molar refractivity (Wildman–Crippen MR) is 86.3 cm³/mol. The molecule has 0 aliphatic heterocycles. The average Bonchev–Trinajstić information content (AvgIpc) is 2.43. The molecule has 0 saturated carbocycles. The Balaban J connectivity index is 2.36. The zero-order valence-electron chi connectivity index (χ0n) is 13.6. The summed E-state index contributed by atoms with van der Waals surface area (Å²) in [6.45, 7) is 10.4. The molecule has 0 amide bonds. The summed E-state index contributed by atoms with van der Waals surface area (Å²) < 4.78 is 0. The molecule has 0 aliphatic rings. The summed E-state index contributed by atoms with van der Waals surface area (Å²) >= 11 is 0. The number of nitrogens with two attached hydrogens (primary N) is 1. The molecular formula is C17H24N4. The summed E-state index contributed by atoms with van der Waals surface area (Å²) in [4.78, 5) is 13.6. The molecule has 2 heterocycles. The summed E-state index contributed by atoms with van der Waals surface area (Å²) in [7, 11) is 0. The summed E-state index contributed by atoms with van der Waals surface area (Å²) in [5.41, 5.74) is 10.1. The third kappa shape index (κ3) is 3.57. The lowest BCUT2D eigenvalue weighted by Gasteiger charge is -2.19. The number of nitrogen functional groups attached to an aromatic ring is 1. The van der Waals surface area contributed by atoms with Gasteiger partial charge in [-0.05, 0) is 25.0 Å². The molecule has 0 aliphatic carbocycles. The van der Waals surface area contributed by atoms with Crippen LogP contribution >= 0.6 is 0 Å². The fourth-order valence-electron chi connectivity index (χ4n) is 2.03. The molecule has 4 nitrogen and oxygen atoms in total. The highest BCUT2D eigenvalue weighted by atomic mass is 15.0. The molecule has 2 N–H and O–H groups in total. The first kappa shape index (κ1) is 15.4. The van der Waals surface area contributed by atoms with Gasteiger partial charge >= 0.3 is 0 Å². The van der Waals surface area contributed by atoms with Crippen LogP contribution < -0.4 is 5.73 Å². The second kappa shape index (κ2) is 5.80. The van der Waals surface area contributed by atoms with E-state index in [4.69, 9.17) is 10.7 Å². The van der Waals surface area contributed by atoms with Crippen LogP contribution in [0.3, 0.4) is 0 Å². The van der Waals surface area contributed by atoms with Gasteiger partial charge in [-0.15, -0.1) is 0 Å².